The van der Waals surface area contributed by atoms with E-state index in [0.717, 1.165) is 25.3 Å². The van der Waals surface area contributed by atoms with Crippen LogP contribution in [0.1, 0.15) is 44.6 Å². The molecule has 168 valence electrons. The molecule has 2 aliphatic rings. The van der Waals surface area contributed by atoms with E-state index in [9.17, 15) is 17.6 Å². The van der Waals surface area contributed by atoms with E-state index in [1.54, 1.807) is 6.92 Å². The van der Waals surface area contributed by atoms with Crippen LogP contribution in [-0.2, 0) is 14.8 Å². The van der Waals surface area contributed by atoms with Crippen molar-refractivity contribution >= 4 is 16.1 Å². The molecule has 0 atom stereocenters. The maximum absolute atomic E-state index is 13.9. The third-order valence-electron chi connectivity index (χ3n) is 5.94. The summed E-state index contributed by atoms with van der Waals surface area (Å²) < 4.78 is 46.7. The minimum absolute atomic E-state index is 0.0221. The Labute approximate surface area is 178 Å². The maximum Gasteiger partial charge on any atom is 0.317 e. The van der Waals surface area contributed by atoms with Crippen molar-refractivity contribution in [2.24, 2.45) is 0 Å². The largest absolute Gasteiger partial charge is 0.381 e. The van der Waals surface area contributed by atoms with Crippen molar-refractivity contribution < 1.29 is 22.3 Å². The Morgan fingerprint density at radius 3 is 2.43 bits per heavy atom. The van der Waals surface area contributed by atoms with E-state index in [2.05, 4.69) is 5.32 Å². The summed E-state index contributed by atoms with van der Waals surface area (Å²) in [5, 5.41) is 2.98. The summed E-state index contributed by atoms with van der Waals surface area (Å²) in [6.45, 7) is 6.11. The zero-order valence-electron chi connectivity index (χ0n) is 17.8. The summed E-state index contributed by atoms with van der Waals surface area (Å²) >= 11 is 0. The lowest BCUT2D eigenvalue weighted by Crippen LogP contribution is -2.56. The van der Waals surface area contributed by atoms with Gasteiger partial charge in [0.1, 0.15) is 5.82 Å². The Kier molecular flexibility index (Phi) is 7.70. The Balaban J connectivity index is 1.70. The van der Waals surface area contributed by atoms with Gasteiger partial charge in [0, 0.05) is 44.9 Å². The second kappa shape index (κ2) is 10.1. The van der Waals surface area contributed by atoms with Crippen LogP contribution in [0, 0.1) is 12.7 Å². The lowest BCUT2D eigenvalue weighted by Gasteiger charge is -2.43. The molecule has 2 amide bonds. The Morgan fingerprint density at radius 2 is 1.83 bits per heavy atom. The van der Waals surface area contributed by atoms with Gasteiger partial charge in [-0.1, -0.05) is 13.0 Å². The predicted molar refractivity (Wildman–Crippen MR) is 112 cm³/mol. The van der Waals surface area contributed by atoms with Crippen molar-refractivity contribution in [3.05, 3.63) is 29.6 Å². The van der Waals surface area contributed by atoms with E-state index >= 15 is 0 Å². The van der Waals surface area contributed by atoms with Gasteiger partial charge in [-0.15, -0.1) is 0 Å². The molecule has 30 heavy (non-hydrogen) atoms. The van der Waals surface area contributed by atoms with Crippen molar-refractivity contribution in [1.82, 2.24) is 14.5 Å². The topological polar surface area (TPSA) is 79.0 Å². The number of nitrogens with one attached hydrogen (secondary N) is 1. The van der Waals surface area contributed by atoms with Crippen LogP contribution in [0.4, 0.5) is 9.18 Å². The second-order valence-corrected chi connectivity index (χ2v) is 9.97. The Bertz CT molecular complexity index is 835. The van der Waals surface area contributed by atoms with Crippen LogP contribution in [0.25, 0.3) is 0 Å². The molecule has 0 bridgehead atoms. The molecule has 1 aromatic rings. The van der Waals surface area contributed by atoms with Gasteiger partial charge in [0.05, 0.1) is 4.90 Å². The average Bonchev–Trinajstić information content (AvgIpc) is 2.75. The van der Waals surface area contributed by atoms with E-state index in [0.29, 0.717) is 51.3 Å². The molecule has 2 aliphatic heterocycles. The molecular formula is C21H32FN3O4S. The van der Waals surface area contributed by atoms with E-state index in [4.69, 9.17) is 4.74 Å². The molecule has 0 spiro atoms. The van der Waals surface area contributed by atoms with Crippen LogP contribution in [0.15, 0.2) is 23.1 Å². The first-order valence-electron chi connectivity index (χ1n) is 10.7. The van der Waals surface area contributed by atoms with Gasteiger partial charge < -0.3 is 15.0 Å². The summed E-state index contributed by atoms with van der Waals surface area (Å²) in [5.74, 6) is -0.524. The number of rotatable bonds is 6. The molecule has 0 radical (unpaired) electrons. The third kappa shape index (κ3) is 5.12. The minimum atomic E-state index is -3.76. The van der Waals surface area contributed by atoms with E-state index < -0.39 is 15.8 Å². The number of piperidine rings is 1. The molecule has 2 saturated heterocycles. The number of carbonyl (C=O) groups is 1. The Morgan fingerprint density at radius 1 is 1.20 bits per heavy atom. The number of sulfonamides is 1. The number of benzene rings is 1. The summed E-state index contributed by atoms with van der Waals surface area (Å²) in [4.78, 5) is 14.8. The molecule has 9 heteroatoms. The number of hydrogen-bond acceptors (Lipinski definition) is 4. The molecule has 0 unspecified atom stereocenters. The zero-order chi connectivity index (χ0) is 21.7. The van der Waals surface area contributed by atoms with Gasteiger partial charge in [-0.05, 0) is 56.7 Å². The van der Waals surface area contributed by atoms with Crippen molar-refractivity contribution in [1.29, 1.82) is 0 Å². The van der Waals surface area contributed by atoms with Gasteiger partial charge in [-0.2, -0.15) is 4.31 Å². The fourth-order valence-corrected chi connectivity index (χ4v) is 5.64. The van der Waals surface area contributed by atoms with E-state index in [1.807, 2.05) is 11.8 Å². The molecule has 0 saturated carbocycles. The molecule has 2 heterocycles. The maximum atomic E-state index is 13.9. The number of ether oxygens (including phenoxy) is 1. The summed E-state index contributed by atoms with van der Waals surface area (Å²) in [7, 11) is -3.76. The SMILES string of the molecule is CCCNC(=O)N(C1CCOCC1)C1CCN(S(=O)(=O)c2ccc(C)c(F)c2)CC1. The monoisotopic (exact) mass is 441 g/mol. The van der Waals surface area contributed by atoms with Gasteiger partial charge >= 0.3 is 6.03 Å². The first-order valence-corrected chi connectivity index (χ1v) is 12.2. The van der Waals surface area contributed by atoms with Crippen LogP contribution < -0.4 is 5.32 Å². The van der Waals surface area contributed by atoms with Gasteiger partial charge in [-0.25, -0.2) is 17.6 Å². The molecule has 1 N–H and O–H groups in total. The molecule has 1 aromatic carbocycles. The quantitative estimate of drug-likeness (QED) is 0.736. The standard InChI is InChI=1S/C21H32FN3O4S/c1-3-10-23-21(26)25(18-8-13-29-14-9-18)17-6-11-24(12-7-17)30(27,28)19-5-4-16(2)20(22)15-19/h4-5,15,17-18H,3,6-14H2,1-2H3,(H,23,26). The molecule has 3 rings (SSSR count). The van der Waals surface area contributed by atoms with Crippen LogP contribution >= 0.6 is 0 Å². The predicted octanol–water partition coefficient (Wildman–Crippen LogP) is 2.89. The highest BCUT2D eigenvalue weighted by atomic mass is 32.2. The van der Waals surface area contributed by atoms with Crippen LogP contribution in [-0.4, -0.2) is 68.6 Å². The van der Waals surface area contributed by atoms with Gasteiger partial charge in [0.15, 0.2) is 0 Å². The fourth-order valence-electron chi connectivity index (χ4n) is 4.16. The van der Waals surface area contributed by atoms with Crippen molar-refractivity contribution in [3.8, 4) is 0 Å². The number of aryl methyl sites for hydroxylation is 1. The minimum Gasteiger partial charge on any atom is -0.381 e. The summed E-state index contributed by atoms with van der Waals surface area (Å²) in [5.41, 5.74) is 0.415. The lowest BCUT2D eigenvalue weighted by atomic mass is 9.99. The van der Waals surface area contributed by atoms with Crippen LogP contribution in [0.3, 0.4) is 0 Å². The number of carbonyl (C=O) groups excluding carboxylic acids is 1. The third-order valence-corrected chi connectivity index (χ3v) is 7.84. The number of halogens is 1. The average molecular weight is 442 g/mol. The van der Waals surface area contributed by atoms with Crippen LogP contribution in [0.5, 0.6) is 0 Å². The highest BCUT2D eigenvalue weighted by Gasteiger charge is 2.37. The smallest absolute Gasteiger partial charge is 0.317 e. The van der Waals surface area contributed by atoms with Gasteiger partial charge in [0.25, 0.3) is 0 Å². The van der Waals surface area contributed by atoms with Gasteiger partial charge in [0.2, 0.25) is 10.0 Å². The second-order valence-electron chi connectivity index (χ2n) is 8.03. The molecular weight excluding hydrogens is 409 g/mol. The van der Waals surface area contributed by atoms with E-state index in [1.165, 1.54) is 16.4 Å². The normalized spacial score (nSPS) is 19.6. The number of nitrogens with zero attached hydrogens (tertiary/aromatic N) is 2. The van der Waals surface area contributed by atoms with Crippen molar-refractivity contribution in [2.75, 3.05) is 32.8 Å². The number of urea groups is 1. The molecule has 0 aliphatic carbocycles. The van der Waals surface area contributed by atoms with Crippen LogP contribution in [0.2, 0.25) is 0 Å². The molecule has 7 nitrogen and oxygen atoms in total. The highest BCUT2D eigenvalue weighted by Crippen LogP contribution is 2.27. The molecule has 2 fully saturated rings. The number of hydrogen-bond donors (Lipinski definition) is 1. The zero-order valence-corrected chi connectivity index (χ0v) is 18.6. The molecule has 0 aromatic heterocycles. The van der Waals surface area contributed by atoms with Gasteiger partial charge in [-0.3, -0.25) is 0 Å². The fraction of sp³-hybridized carbons (Fsp3) is 0.667. The highest BCUT2D eigenvalue weighted by molar-refractivity contribution is 7.89. The first kappa shape index (κ1) is 23.0. The summed E-state index contributed by atoms with van der Waals surface area (Å²) in [6.07, 6.45) is 3.56. The van der Waals surface area contributed by atoms with Crippen molar-refractivity contribution in [3.63, 3.8) is 0 Å². The van der Waals surface area contributed by atoms with E-state index in [-0.39, 0.29) is 23.0 Å². The first-order chi connectivity index (χ1) is 14.3. The lowest BCUT2D eigenvalue weighted by molar-refractivity contribution is 0.0255. The summed E-state index contributed by atoms with van der Waals surface area (Å²) in [6, 6.07) is 4.03. The Hall–Kier alpha value is -1.71. The van der Waals surface area contributed by atoms with Crippen molar-refractivity contribution in [2.45, 2.75) is 62.9 Å². The number of amides is 2.